The number of anilines is 1. The van der Waals surface area contributed by atoms with Crippen LogP contribution in [0, 0.1) is 6.92 Å². The topological polar surface area (TPSA) is 58.1 Å². The van der Waals surface area contributed by atoms with Crippen LogP contribution in [0.25, 0.3) is 0 Å². The fourth-order valence-corrected chi connectivity index (χ4v) is 3.34. The first kappa shape index (κ1) is 25.0. The number of benzene rings is 1. The highest BCUT2D eigenvalue weighted by atomic mass is 127. The van der Waals surface area contributed by atoms with Crippen molar-refractivity contribution in [3.63, 3.8) is 0 Å². The van der Waals surface area contributed by atoms with E-state index >= 15 is 0 Å². The van der Waals surface area contributed by atoms with Crippen LogP contribution >= 0.6 is 24.0 Å². The summed E-state index contributed by atoms with van der Waals surface area (Å²) in [5, 5.41) is 6.80. The lowest BCUT2D eigenvalue weighted by molar-refractivity contribution is -0.0828. The van der Waals surface area contributed by atoms with Gasteiger partial charge in [0.05, 0.1) is 12.1 Å². The molecule has 2 N–H and O–H groups in total. The highest BCUT2D eigenvalue weighted by Gasteiger charge is 2.32. The number of ether oxygens (including phenoxy) is 2. The van der Waals surface area contributed by atoms with Gasteiger partial charge < -0.3 is 25.0 Å². The number of rotatable bonds is 9. The van der Waals surface area contributed by atoms with Crippen molar-refractivity contribution in [2.45, 2.75) is 39.2 Å². The van der Waals surface area contributed by atoms with Gasteiger partial charge in [-0.2, -0.15) is 0 Å². The van der Waals surface area contributed by atoms with Gasteiger partial charge in [0.2, 0.25) is 0 Å². The summed E-state index contributed by atoms with van der Waals surface area (Å²) in [6, 6.07) is 8.65. The van der Waals surface area contributed by atoms with Gasteiger partial charge in [0.1, 0.15) is 0 Å². The molecule has 0 atom stereocenters. The summed E-state index contributed by atoms with van der Waals surface area (Å²) in [6.45, 7) is 12.1. The van der Waals surface area contributed by atoms with E-state index in [2.05, 4.69) is 60.6 Å². The molecule has 0 saturated carbocycles. The second-order valence-electron chi connectivity index (χ2n) is 7.04. The van der Waals surface area contributed by atoms with Gasteiger partial charge in [0, 0.05) is 65.0 Å². The Kier molecular flexibility index (Phi) is 11.8. The molecule has 0 amide bonds. The molecule has 6 nitrogen and oxygen atoms in total. The molecule has 1 fully saturated rings. The molecule has 7 heteroatoms. The molecule has 1 aromatic carbocycles. The Bertz CT molecular complexity index is 592. The Labute approximate surface area is 187 Å². The zero-order chi connectivity index (χ0) is 19.5. The number of methoxy groups -OCH3 is 1. The number of aliphatic imine (C=N–C) groups is 1. The van der Waals surface area contributed by atoms with E-state index in [1.165, 1.54) is 11.3 Å². The van der Waals surface area contributed by atoms with Gasteiger partial charge in [-0.05, 0) is 38.5 Å². The Hall–Kier alpha value is -1.06. The van der Waals surface area contributed by atoms with Gasteiger partial charge >= 0.3 is 0 Å². The highest BCUT2D eigenvalue weighted by Crippen LogP contribution is 2.24. The van der Waals surface area contributed by atoms with Gasteiger partial charge in [-0.3, -0.25) is 4.99 Å². The number of nitrogens with one attached hydrogen (secondary N) is 2. The average Bonchev–Trinajstić information content (AvgIpc) is 2.70. The predicted octanol–water partition coefficient (Wildman–Crippen LogP) is 3.19. The van der Waals surface area contributed by atoms with Crippen molar-refractivity contribution in [3.8, 4) is 0 Å². The second kappa shape index (κ2) is 13.2. The molecular formula is C21H37IN4O2. The summed E-state index contributed by atoms with van der Waals surface area (Å²) in [5.74, 6) is 0.848. The van der Waals surface area contributed by atoms with Gasteiger partial charge in [0.25, 0.3) is 0 Å². The minimum absolute atomic E-state index is 0. The Morgan fingerprint density at radius 3 is 2.61 bits per heavy atom. The average molecular weight is 504 g/mol. The zero-order valence-electron chi connectivity index (χ0n) is 17.8. The van der Waals surface area contributed by atoms with Crippen LogP contribution in [-0.2, 0) is 9.47 Å². The zero-order valence-corrected chi connectivity index (χ0v) is 20.1. The maximum atomic E-state index is 5.79. The fraction of sp³-hybridized carbons (Fsp3) is 0.667. The smallest absolute Gasteiger partial charge is 0.191 e. The van der Waals surface area contributed by atoms with E-state index < -0.39 is 0 Å². The minimum atomic E-state index is -0.197. The van der Waals surface area contributed by atoms with Gasteiger partial charge in [-0.25, -0.2) is 0 Å². The standard InChI is InChI=1S/C21H36N4O2.HI/c1-5-22-20(24-17-21(26-4)10-14-27-15-11-21)23-12-13-25(6-2)19-9-7-8-18(3)16-19;/h7-9,16H,5-6,10-15,17H2,1-4H3,(H2,22,23,24);1H. The normalized spacial score (nSPS) is 16.2. The molecule has 0 aromatic heterocycles. The monoisotopic (exact) mass is 504 g/mol. The van der Waals surface area contributed by atoms with E-state index in [0.29, 0.717) is 6.54 Å². The first-order valence-electron chi connectivity index (χ1n) is 10.1. The molecule has 0 unspecified atom stereocenters. The molecule has 1 saturated heterocycles. The van der Waals surface area contributed by atoms with Crippen LogP contribution < -0.4 is 15.5 Å². The van der Waals surface area contributed by atoms with Crippen molar-refractivity contribution in [2.75, 3.05) is 57.9 Å². The molecule has 0 bridgehead atoms. The van der Waals surface area contributed by atoms with Crippen LogP contribution in [0.15, 0.2) is 29.3 Å². The third kappa shape index (κ3) is 7.75. The first-order valence-corrected chi connectivity index (χ1v) is 10.1. The maximum Gasteiger partial charge on any atom is 0.191 e. The molecule has 28 heavy (non-hydrogen) atoms. The number of hydrogen-bond acceptors (Lipinski definition) is 4. The quantitative estimate of drug-likeness (QED) is 0.308. The van der Waals surface area contributed by atoms with Crippen molar-refractivity contribution in [3.05, 3.63) is 29.8 Å². The lowest BCUT2D eigenvalue weighted by Gasteiger charge is -2.34. The lowest BCUT2D eigenvalue weighted by atomic mass is 9.94. The molecule has 0 radical (unpaired) electrons. The Balaban J connectivity index is 0.00000392. The van der Waals surface area contributed by atoms with Crippen LogP contribution in [0.4, 0.5) is 5.69 Å². The number of nitrogens with zero attached hydrogens (tertiary/aromatic N) is 2. The molecule has 2 rings (SSSR count). The van der Waals surface area contributed by atoms with Gasteiger partial charge in [-0.15, -0.1) is 24.0 Å². The summed E-state index contributed by atoms with van der Waals surface area (Å²) < 4.78 is 11.3. The van der Waals surface area contributed by atoms with E-state index in [1.807, 2.05) is 0 Å². The second-order valence-corrected chi connectivity index (χ2v) is 7.04. The van der Waals surface area contributed by atoms with Crippen molar-refractivity contribution >= 4 is 35.6 Å². The summed E-state index contributed by atoms with van der Waals surface area (Å²) in [4.78, 5) is 7.16. The number of guanidine groups is 1. The van der Waals surface area contributed by atoms with E-state index in [0.717, 1.165) is 58.2 Å². The van der Waals surface area contributed by atoms with Crippen LogP contribution in [0.2, 0.25) is 0 Å². The van der Waals surface area contributed by atoms with E-state index in [4.69, 9.17) is 14.5 Å². The van der Waals surface area contributed by atoms with Crippen molar-refractivity contribution in [2.24, 2.45) is 4.99 Å². The number of hydrogen-bond donors (Lipinski definition) is 2. The van der Waals surface area contributed by atoms with Crippen molar-refractivity contribution in [1.82, 2.24) is 10.6 Å². The van der Waals surface area contributed by atoms with E-state index in [1.54, 1.807) is 7.11 Å². The molecule has 0 aliphatic carbocycles. The predicted molar refractivity (Wildman–Crippen MR) is 128 cm³/mol. The molecule has 1 heterocycles. The molecule has 1 aromatic rings. The fourth-order valence-electron chi connectivity index (χ4n) is 3.34. The maximum absolute atomic E-state index is 5.79. The lowest BCUT2D eigenvalue weighted by Crippen LogP contribution is -2.45. The Morgan fingerprint density at radius 2 is 2.00 bits per heavy atom. The van der Waals surface area contributed by atoms with Crippen LogP contribution in [-0.4, -0.2) is 64.6 Å². The summed E-state index contributed by atoms with van der Waals surface area (Å²) in [7, 11) is 1.78. The van der Waals surface area contributed by atoms with E-state index in [9.17, 15) is 0 Å². The van der Waals surface area contributed by atoms with E-state index in [-0.39, 0.29) is 29.6 Å². The molecule has 0 spiro atoms. The van der Waals surface area contributed by atoms with Crippen molar-refractivity contribution in [1.29, 1.82) is 0 Å². The summed E-state index contributed by atoms with van der Waals surface area (Å²) in [5.41, 5.74) is 2.36. The van der Waals surface area contributed by atoms with Crippen molar-refractivity contribution < 1.29 is 9.47 Å². The van der Waals surface area contributed by atoms with Gasteiger partial charge in [0.15, 0.2) is 5.96 Å². The number of likely N-dealkylation sites (N-methyl/N-ethyl adjacent to an activating group) is 1. The Morgan fingerprint density at radius 1 is 1.25 bits per heavy atom. The van der Waals surface area contributed by atoms with Crippen LogP contribution in [0.1, 0.15) is 32.3 Å². The third-order valence-corrected chi connectivity index (χ3v) is 5.13. The highest BCUT2D eigenvalue weighted by molar-refractivity contribution is 14.0. The number of halogens is 1. The molecule has 1 aliphatic rings. The third-order valence-electron chi connectivity index (χ3n) is 5.13. The molecular weight excluding hydrogens is 467 g/mol. The van der Waals surface area contributed by atoms with Gasteiger partial charge in [-0.1, -0.05) is 12.1 Å². The van der Waals surface area contributed by atoms with Crippen LogP contribution in [0.5, 0.6) is 0 Å². The first-order chi connectivity index (χ1) is 13.1. The molecule has 160 valence electrons. The van der Waals surface area contributed by atoms with Crippen LogP contribution in [0.3, 0.4) is 0 Å². The SMILES string of the molecule is CCNC(=NCC1(OC)CCOCC1)NCCN(CC)c1cccc(C)c1.I. The largest absolute Gasteiger partial charge is 0.381 e. The summed E-state index contributed by atoms with van der Waals surface area (Å²) in [6.07, 6.45) is 1.78. The number of aryl methyl sites for hydroxylation is 1. The minimum Gasteiger partial charge on any atom is -0.381 e. The molecule has 1 aliphatic heterocycles. The summed E-state index contributed by atoms with van der Waals surface area (Å²) >= 11 is 0.